The van der Waals surface area contributed by atoms with Crippen molar-refractivity contribution in [1.29, 1.82) is 0 Å². The molecule has 92 valence electrons. The number of thiophene rings is 1. The maximum atomic E-state index is 3.65. The number of rotatable bonds is 4. The normalized spacial score (nSPS) is 30.4. The summed E-state index contributed by atoms with van der Waals surface area (Å²) in [4.78, 5) is 2.95. The molecular weight excluding hydrogens is 226 g/mol. The van der Waals surface area contributed by atoms with Gasteiger partial charge in [-0.2, -0.15) is 0 Å². The molecule has 1 nitrogen and oxygen atoms in total. The van der Waals surface area contributed by atoms with E-state index < -0.39 is 0 Å². The molecule has 1 fully saturated rings. The Morgan fingerprint density at radius 2 is 2.18 bits per heavy atom. The third kappa shape index (κ3) is 2.34. The summed E-state index contributed by atoms with van der Waals surface area (Å²) in [7, 11) is 0. The van der Waals surface area contributed by atoms with Gasteiger partial charge < -0.3 is 5.32 Å². The number of allylic oxidation sites excluding steroid dienone is 2. The molecule has 2 bridgehead atoms. The van der Waals surface area contributed by atoms with Gasteiger partial charge in [0.1, 0.15) is 0 Å². The number of nitrogens with one attached hydrogen (secondary N) is 1. The molecule has 1 aromatic rings. The highest BCUT2D eigenvalue weighted by Gasteiger charge is 2.34. The lowest BCUT2D eigenvalue weighted by Crippen LogP contribution is -2.24. The molecule has 1 N–H and O–H groups in total. The zero-order valence-corrected chi connectivity index (χ0v) is 11.5. The summed E-state index contributed by atoms with van der Waals surface area (Å²) in [5.74, 6) is 2.67. The number of aryl methyl sites for hydroxylation is 2. The summed E-state index contributed by atoms with van der Waals surface area (Å²) in [5.41, 5.74) is 1.44. The summed E-state index contributed by atoms with van der Waals surface area (Å²) in [6.07, 6.45) is 7.70. The van der Waals surface area contributed by atoms with Crippen LogP contribution in [0.3, 0.4) is 0 Å². The van der Waals surface area contributed by atoms with Crippen molar-refractivity contribution >= 4 is 11.3 Å². The van der Waals surface area contributed by atoms with Crippen molar-refractivity contribution in [2.75, 3.05) is 6.54 Å². The molecular formula is C15H21NS. The van der Waals surface area contributed by atoms with Crippen LogP contribution < -0.4 is 5.32 Å². The Balaban J connectivity index is 1.48. The van der Waals surface area contributed by atoms with Crippen molar-refractivity contribution in [3.8, 4) is 0 Å². The Morgan fingerprint density at radius 1 is 1.29 bits per heavy atom. The molecule has 0 saturated heterocycles. The minimum atomic E-state index is 0.874. The maximum absolute atomic E-state index is 3.65. The van der Waals surface area contributed by atoms with Crippen LogP contribution >= 0.6 is 11.3 Å². The second kappa shape index (κ2) is 4.58. The zero-order valence-electron chi connectivity index (χ0n) is 10.7. The molecule has 1 saturated carbocycles. The minimum Gasteiger partial charge on any atom is -0.312 e. The molecule has 2 aliphatic carbocycles. The van der Waals surface area contributed by atoms with Gasteiger partial charge in [-0.25, -0.2) is 0 Å². The van der Waals surface area contributed by atoms with Crippen LogP contribution in [-0.4, -0.2) is 6.54 Å². The van der Waals surface area contributed by atoms with E-state index in [1.165, 1.54) is 34.7 Å². The van der Waals surface area contributed by atoms with Crippen LogP contribution in [0.2, 0.25) is 0 Å². The quantitative estimate of drug-likeness (QED) is 0.801. The third-order valence-electron chi connectivity index (χ3n) is 4.34. The topological polar surface area (TPSA) is 12.0 Å². The summed E-state index contributed by atoms with van der Waals surface area (Å²) in [6.45, 7) is 6.67. The van der Waals surface area contributed by atoms with Crippen molar-refractivity contribution in [2.45, 2.75) is 33.2 Å². The van der Waals surface area contributed by atoms with Crippen LogP contribution in [0.15, 0.2) is 18.2 Å². The maximum Gasteiger partial charge on any atom is 0.0300 e. The number of hydrogen-bond acceptors (Lipinski definition) is 2. The first-order chi connectivity index (χ1) is 8.22. The van der Waals surface area contributed by atoms with Gasteiger partial charge >= 0.3 is 0 Å². The van der Waals surface area contributed by atoms with E-state index >= 15 is 0 Å². The van der Waals surface area contributed by atoms with Crippen LogP contribution in [0.4, 0.5) is 0 Å². The first-order valence-corrected chi connectivity index (χ1v) is 7.49. The fraction of sp³-hybridized carbons (Fsp3) is 0.600. The second-order valence-electron chi connectivity index (χ2n) is 5.62. The lowest BCUT2D eigenvalue weighted by molar-refractivity contribution is 0.415. The monoisotopic (exact) mass is 247 g/mol. The Labute approximate surface area is 108 Å². The van der Waals surface area contributed by atoms with Crippen LogP contribution in [0.1, 0.15) is 28.2 Å². The van der Waals surface area contributed by atoms with Crippen molar-refractivity contribution in [2.24, 2.45) is 17.8 Å². The molecule has 17 heavy (non-hydrogen) atoms. The lowest BCUT2D eigenvalue weighted by Gasteiger charge is -2.18. The first-order valence-electron chi connectivity index (χ1n) is 6.67. The van der Waals surface area contributed by atoms with E-state index in [2.05, 4.69) is 37.4 Å². The summed E-state index contributed by atoms with van der Waals surface area (Å²) >= 11 is 1.94. The average molecular weight is 247 g/mol. The highest BCUT2D eigenvalue weighted by atomic mass is 32.1. The molecule has 3 atom stereocenters. The lowest BCUT2D eigenvalue weighted by atomic mass is 9.94. The summed E-state index contributed by atoms with van der Waals surface area (Å²) in [5, 5.41) is 3.65. The highest BCUT2D eigenvalue weighted by Crippen LogP contribution is 2.42. The molecule has 0 radical (unpaired) electrons. The average Bonchev–Trinajstić information content (AvgIpc) is 2.96. The van der Waals surface area contributed by atoms with Crippen LogP contribution in [0.5, 0.6) is 0 Å². The largest absolute Gasteiger partial charge is 0.312 e. The van der Waals surface area contributed by atoms with Crippen LogP contribution in [0.25, 0.3) is 0 Å². The molecule has 1 heterocycles. The smallest absolute Gasteiger partial charge is 0.0300 e. The van der Waals surface area contributed by atoms with Crippen molar-refractivity contribution in [1.82, 2.24) is 5.32 Å². The van der Waals surface area contributed by atoms with E-state index in [1.54, 1.807) is 0 Å². The van der Waals surface area contributed by atoms with E-state index in [0.717, 1.165) is 24.3 Å². The fourth-order valence-corrected chi connectivity index (χ4v) is 4.27. The summed E-state index contributed by atoms with van der Waals surface area (Å²) in [6, 6.07) is 2.33. The minimum absolute atomic E-state index is 0.874. The van der Waals surface area contributed by atoms with Crippen molar-refractivity contribution in [3.63, 3.8) is 0 Å². The predicted octanol–water partition coefficient (Wildman–Crippen LogP) is 3.67. The highest BCUT2D eigenvalue weighted by molar-refractivity contribution is 7.12. The van der Waals surface area contributed by atoms with Gasteiger partial charge in [0, 0.05) is 16.3 Å². The van der Waals surface area contributed by atoms with Crippen molar-refractivity contribution < 1.29 is 0 Å². The van der Waals surface area contributed by atoms with Crippen LogP contribution in [-0.2, 0) is 6.54 Å². The summed E-state index contributed by atoms with van der Waals surface area (Å²) < 4.78 is 0. The van der Waals surface area contributed by atoms with Gasteiger partial charge in [0.2, 0.25) is 0 Å². The molecule has 1 aromatic heterocycles. The van der Waals surface area contributed by atoms with Gasteiger partial charge in [-0.15, -0.1) is 11.3 Å². The Hall–Kier alpha value is -0.600. The molecule has 0 aliphatic heterocycles. The van der Waals surface area contributed by atoms with Gasteiger partial charge in [0.25, 0.3) is 0 Å². The standard InChI is InChI=1S/C15H21NS/c1-10-5-15(17-11(10)2)9-16-8-14-7-12-3-4-13(14)6-12/h3-5,12-14,16H,6-9H2,1-2H3. The Morgan fingerprint density at radius 3 is 2.76 bits per heavy atom. The fourth-order valence-electron chi connectivity index (χ4n) is 3.25. The molecule has 3 unspecified atom stereocenters. The van der Waals surface area contributed by atoms with Gasteiger partial charge in [0.05, 0.1) is 0 Å². The van der Waals surface area contributed by atoms with E-state index in [-0.39, 0.29) is 0 Å². The van der Waals surface area contributed by atoms with E-state index in [0.29, 0.717) is 0 Å². The SMILES string of the molecule is Cc1cc(CNCC2CC3C=CC2C3)sc1C. The molecule has 0 spiro atoms. The number of hydrogen-bond donors (Lipinski definition) is 1. The molecule has 2 heteroatoms. The van der Waals surface area contributed by atoms with Gasteiger partial charge in [-0.05, 0) is 62.6 Å². The van der Waals surface area contributed by atoms with E-state index in [4.69, 9.17) is 0 Å². The molecule has 3 rings (SSSR count). The Kier molecular flexibility index (Phi) is 3.10. The van der Waals surface area contributed by atoms with Gasteiger partial charge in [-0.1, -0.05) is 12.2 Å². The van der Waals surface area contributed by atoms with Gasteiger partial charge in [0.15, 0.2) is 0 Å². The second-order valence-corrected chi connectivity index (χ2v) is 6.96. The first kappa shape index (κ1) is 11.5. The van der Waals surface area contributed by atoms with Crippen LogP contribution in [0, 0.1) is 31.6 Å². The van der Waals surface area contributed by atoms with Gasteiger partial charge in [-0.3, -0.25) is 0 Å². The predicted molar refractivity (Wildman–Crippen MR) is 74.3 cm³/mol. The third-order valence-corrected chi connectivity index (χ3v) is 5.49. The van der Waals surface area contributed by atoms with E-state index in [1.807, 2.05) is 11.3 Å². The Bertz CT molecular complexity index is 413. The number of fused-ring (bicyclic) bond motifs is 2. The molecule has 0 amide bonds. The van der Waals surface area contributed by atoms with Crippen molar-refractivity contribution in [3.05, 3.63) is 33.5 Å². The zero-order chi connectivity index (χ0) is 11.8. The van der Waals surface area contributed by atoms with E-state index in [9.17, 15) is 0 Å². The molecule has 2 aliphatic rings. The molecule has 0 aromatic carbocycles.